The molecule has 1 aromatic rings. The van der Waals surface area contributed by atoms with E-state index in [4.69, 9.17) is 21.4 Å². The molecule has 2 aliphatic rings. The zero-order valence-corrected chi connectivity index (χ0v) is 13.7. The molecule has 0 saturated carbocycles. The minimum atomic E-state index is -0.962. The minimum absolute atomic E-state index is 0.0111. The molecule has 2 N–H and O–H groups in total. The Labute approximate surface area is 136 Å². The second kappa shape index (κ2) is 6.02. The molecule has 1 aromatic carbocycles. The molecule has 1 amide bonds. The number of ether oxygens (including phenoxy) is 1. The molecular formula is C14H16BrClN2O3. The van der Waals surface area contributed by atoms with Gasteiger partial charge in [-0.3, -0.25) is 4.90 Å². The standard InChI is InChI=1S/C14H16BrClN2O3/c15-8-5-10(16)13-11(2-4-21-12(13)6-8)18-3-1-9(7-18)17-14(19)20/h5-6,9,11,17H,1-4,7H2,(H,19,20)/t9-,11-/m1/s1. The monoisotopic (exact) mass is 374 g/mol. The van der Waals surface area contributed by atoms with Crippen molar-refractivity contribution in [1.82, 2.24) is 10.2 Å². The summed E-state index contributed by atoms with van der Waals surface area (Å²) in [4.78, 5) is 13.0. The second-order valence-corrected chi connectivity index (χ2v) is 6.71. The maximum absolute atomic E-state index is 10.8. The summed E-state index contributed by atoms with van der Waals surface area (Å²) in [6.45, 7) is 2.22. The van der Waals surface area contributed by atoms with Crippen molar-refractivity contribution in [2.45, 2.75) is 24.9 Å². The molecule has 0 unspecified atom stereocenters. The summed E-state index contributed by atoms with van der Waals surface area (Å²) in [6.07, 6.45) is 0.734. The molecule has 21 heavy (non-hydrogen) atoms. The smallest absolute Gasteiger partial charge is 0.404 e. The van der Waals surface area contributed by atoms with Gasteiger partial charge in [0.2, 0.25) is 0 Å². The maximum atomic E-state index is 10.8. The lowest BCUT2D eigenvalue weighted by Gasteiger charge is -2.34. The van der Waals surface area contributed by atoms with E-state index in [9.17, 15) is 4.79 Å². The van der Waals surface area contributed by atoms with Crippen LogP contribution in [0.25, 0.3) is 0 Å². The number of nitrogens with zero attached hydrogens (tertiary/aromatic N) is 1. The number of amides is 1. The number of halogens is 2. The van der Waals surface area contributed by atoms with Gasteiger partial charge in [-0.2, -0.15) is 0 Å². The summed E-state index contributed by atoms with van der Waals surface area (Å²) in [5.74, 6) is 0.820. The molecule has 0 spiro atoms. The third-order valence-corrected chi connectivity index (χ3v) is 4.80. The summed E-state index contributed by atoms with van der Waals surface area (Å²) in [5, 5.41) is 12.1. The van der Waals surface area contributed by atoms with Gasteiger partial charge < -0.3 is 15.2 Å². The highest BCUT2D eigenvalue weighted by atomic mass is 79.9. The summed E-state index contributed by atoms with van der Waals surface area (Å²) in [6, 6.07) is 4.00. The highest BCUT2D eigenvalue weighted by Gasteiger charge is 2.34. The molecule has 2 heterocycles. The highest BCUT2D eigenvalue weighted by molar-refractivity contribution is 9.10. The van der Waals surface area contributed by atoms with Crippen LogP contribution in [0.1, 0.15) is 24.4 Å². The van der Waals surface area contributed by atoms with Crippen LogP contribution in [0.2, 0.25) is 5.02 Å². The Balaban J connectivity index is 1.81. The van der Waals surface area contributed by atoms with E-state index < -0.39 is 6.09 Å². The third kappa shape index (κ3) is 3.12. The first kappa shape index (κ1) is 14.9. The lowest BCUT2D eigenvalue weighted by Crippen LogP contribution is -2.38. The van der Waals surface area contributed by atoms with E-state index >= 15 is 0 Å². The van der Waals surface area contributed by atoms with Gasteiger partial charge in [-0.25, -0.2) is 4.79 Å². The van der Waals surface area contributed by atoms with Gasteiger partial charge in [0, 0.05) is 41.6 Å². The Hall–Kier alpha value is -0.980. The summed E-state index contributed by atoms with van der Waals surface area (Å²) < 4.78 is 6.62. The molecule has 0 radical (unpaired) electrons. The van der Waals surface area contributed by atoms with E-state index in [2.05, 4.69) is 26.1 Å². The van der Waals surface area contributed by atoms with E-state index in [1.165, 1.54) is 0 Å². The first-order valence-electron chi connectivity index (χ1n) is 6.90. The number of likely N-dealkylation sites (tertiary alicyclic amines) is 1. The van der Waals surface area contributed by atoms with Gasteiger partial charge in [0.1, 0.15) is 5.75 Å². The van der Waals surface area contributed by atoms with Gasteiger partial charge in [-0.1, -0.05) is 27.5 Å². The van der Waals surface area contributed by atoms with E-state index in [1.54, 1.807) is 0 Å². The number of benzene rings is 1. The molecule has 0 aliphatic carbocycles. The van der Waals surface area contributed by atoms with Gasteiger partial charge in [0.05, 0.1) is 11.6 Å². The number of hydrogen-bond donors (Lipinski definition) is 2. The largest absolute Gasteiger partial charge is 0.493 e. The Morgan fingerprint density at radius 2 is 2.29 bits per heavy atom. The van der Waals surface area contributed by atoms with Crippen molar-refractivity contribution in [3.63, 3.8) is 0 Å². The first-order valence-corrected chi connectivity index (χ1v) is 8.07. The maximum Gasteiger partial charge on any atom is 0.404 e. The Morgan fingerprint density at radius 3 is 3.05 bits per heavy atom. The van der Waals surface area contributed by atoms with E-state index in [0.29, 0.717) is 18.2 Å². The number of fused-ring (bicyclic) bond motifs is 1. The van der Waals surface area contributed by atoms with Crippen LogP contribution >= 0.6 is 27.5 Å². The SMILES string of the molecule is O=C(O)N[C@@H]1CCN([C@@H]2CCOc3cc(Br)cc(Cl)c32)C1. The normalized spacial score (nSPS) is 25.2. The minimum Gasteiger partial charge on any atom is -0.493 e. The van der Waals surface area contributed by atoms with Crippen LogP contribution in [0.3, 0.4) is 0 Å². The first-order chi connectivity index (χ1) is 10.0. The average Bonchev–Trinajstić information content (AvgIpc) is 2.85. The van der Waals surface area contributed by atoms with Gasteiger partial charge in [0.15, 0.2) is 0 Å². The van der Waals surface area contributed by atoms with Crippen molar-refractivity contribution in [1.29, 1.82) is 0 Å². The Bertz CT molecular complexity index is 569. The lowest BCUT2D eigenvalue weighted by molar-refractivity contribution is 0.160. The summed E-state index contributed by atoms with van der Waals surface area (Å²) in [7, 11) is 0. The van der Waals surface area contributed by atoms with E-state index in [0.717, 1.165) is 35.2 Å². The highest BCUT2D eigenvalue weighted by Crippen LogP contribution is 2.43. The second-order valence-electron chi connectivity index (χ2n) is 5.38. The number of rotatable bonds is 2. The van der Waals surface area contributed by atoms with Gasteiger partial charge in [-0.05, 0) is 18.6 Å². The quantitative estimate of drug-likeness (QED) is 0.833. The molecule has 5 nitrogen and oxygen atoms in total. The van der Waals surface area contributed by atoms with Crippen molar-refractivity contribution in [2.75, 3.05) is 19.7 Å². The molecule has 2 atom stereocenters. The van der Waals surface area contributed by atoms with Crippen LogP contribution in [-0.4, -0.2) is 41.8 Å². The van der Waals surface area contributed by atoms with E-state index in [-0.39, 0.29) is 12.1 Å². The molecular weight excluding hydrogens is 360 g/mol. The topological polar surface area (TPSA) is 61.8 Å². The fourth-order valence-electron chi connectivity index (χ4n) is 3.16. The van der Waals surface area contributed by atoms with Crippen molar-refractivity contribution in [3.05, 3.63) is 27.2 Å². The van der Waals surface area contributed by atoms with Crippen molar-refractivity contribution >= 4 is 33.6 Å². The number of carbonyl (C=O) groups is 1. The Morgan fingerprint density at radius 1 is 1.48 bits per heavy atom. The fraction of sp³-hybridized carbons (Fsp3) is 0.500. The molecule has 2 aliphatic heterocycles. The number of carboxylic acid groups (broad SMARTS) is 1. The van der Waals surface area contributed by atoms with Crippen LogP contribution in [0, 0.1) is 0 Å². The molecule has 0 aromatic heterocycles. The molecule has 1 saturated heterocycles. The number of nitrogens with one attached hydrogen (secondary N) is 1. The zero-order chi connectivity index (χ0) is 15.0. The third-order valence-electron chi connectivity index (χ3n) is 4.03. The van der Waals surface area contributed by atoms with Gasteiger partial charge >= 0.3 is 6.09 Å². The van der Waals surface area contributed by atoms with Gasteiger partial charge in [0.25, 0.3) is 0 Å². The molecule has 114 valence electrons. The van der Waals surface area contributed by atoms with E-state index in [1.807, 2.05) is 12.1 Å². The molecule has 1 fully saturated rings. The predicted molar refractivity (Wildman–Crippen MR) is 83.1 cm³/mol. The molecule has 7 heteroatoms. The van der Waals surface area contributed by atoms with Crippen molar-refractivity contribution in [2.24, 2.45) is 0 Å². The average molecular weight is 376 g/mol. The van der Waals surface area contributed by atoms with Gasteiger partial charge in [-0.15, -0.1) is 0 Å². The van der Waals surface area contributed by atoms with Crippen LogP contribution in [0.15, 0.2) is 16.6 Å². The van der Waals surface area contributed by atoms with Crippen molar-refractivity contribution < 1.29 is 14.6 Å². The predicted octanol–water partition coefficient (Wildman–Crippen LogP) is 3.27. The van der Waals surface area contributed by atoms with Crippen LogP contribution in [0.5, 0.6) is 5.75 Å². The fourth-order valence-corrected chi connectivity index (χ4v) is 4.06. The summed E-state index contributed by atoms with van der Waals surface area (Å²) >= 11 is 9.82. The molecule has 3 rings (SSSR count). The zero-order valence-electron chi connectivity index (χ0n) is 11.3. The summed E-state index contributed by atoms with van der Waals surface area (Å²) in [5.41, 5.74) is 1.02. The Kier molecular flexibility index (Phi) is 4.28. The van der Waals surface area contributed by atoms with Crippen LogP contribution < -0.4 is 10.1 Å². The number of hydrogen-bond acceptors (Lipinski definition) is 3. The van der Waals surface area contributed by atoms with Crippen LogP contribution in [0.4, 0.5) is 4.79 Å². The van der Waals surface area contributed by atoms with Crippen LogP contribution in [-0.2, 0) is 0 Å². The molecule has 0 bridgehead atoms. The lowest BCUT2D eigenvalue weighted by atomic mass is 9.99. The van der Waals surface area contributed by atoms with Crippen molar-refractivity contribution in [3.8, 4) is 5.75 Å².